The number of unbranched alkanes of at least 4 members (excludes halogenated alkanes) is 25. The minimum Gasteiger partial charge on any atom is -0.462 e. The molecule has 0 saturated carbocycles. The topological polar surface area (TPSA) is 134 Å². The van der Waals surface area contributed by atoms with Crippen LogP contribution in [-0.2, 0) is 32.7 Å². The molecule has 0 aromatic carbocycles. The van der Waals surface area contributed by atoms with Crippen LogP contribution in [0.5, 0.6) is 0 Å². The van der Waals surface area contributed by atoms with Gasteiger partial charge >= 0.3 is 19.8 Å². The highest BCUT2D eigenvalue weighted by Gasteiger charge is 2.26. The lowest BCUT2D eigenvalue weighted by atomic mass is 10.0. The predicted octanol–water partition coefficient (Wildman–Crippen LogP) is 11.8. The van der Waals surface area contributed by atoms with E-state index >= 15 is 0 Å². The molecule has 0 aromatic heterocycles. The molecule has 2 atom stereocenters. The fourth-order valence-corrected chi connectivity index (χ4v) is 6.75. The fraction of sp³-hybridized carbons (Fsp3) is 0.902. The highest BCUT2D eigenvalue weighted by atomic mass is 31.2. The van der Waals surface area contributed by atoms with Crippen molar-refractivity contribution < 1.29 is 37.6 Å². The Morgan fingerprint density at radius 2 is 0.961 bits per heavy atom. The van der Waals surface area contributed by atoms with Gasteiger partial charge < -0.3 is 20.1 Å². The molecule has 0 aliphatic heterocycles. The van der Waals surface area contributed by atoms with Crippen molar-refractivity contribution in [1.29, 1.82) is 0 Å². The van der Waals surface area contributed by atoms with E-state index in [9.17, 15) is 19.0 Å². The third-order valence-electron chi connectivity index (χ3n) is 9.15. The van der Waals surface area contributed by atoms with Gasteiger partial charge in [-0.25, -0.2) is 4.57 Å². The molecule has 0 spiro atoms. The number of nitrogens with two attached hydrogens (primary N) is 1. The van der Waals surface area contributed by atoms with Crippen LogP contribution in [0, 0.1) is 0 Å². The summed E-state index contributed by atoms with van der Waals surface area (Å²) in [5, 5.41) is 0. The van der Waals surface area contributed by atoms with E-state index in [4.69, 9.17) is 24.3 Å². The number of allylic oxidation sites excluding steroid dienone is 2. The molecule has 0 rings (SSSR count). The van der Waals surface area contributed by atoms with E-state index in [2.05, 4.69) is 26.0 Å². The van der Waals surface area contributed by atoms with E-state index in [1.807, 2.05) is 0 Å². The van der Waals surface area contributed by atoms with Crippen LogP contribution in [-0.4, -0.2) is 49.3 Å². The molecule has 0 bridgehead atoms. The summed E-state index contributed by atoms with van der Waals surface area (Å²) in [6.45, 7) is 3.74. The number of hydrogen-bond donors (Lipinski definition) is 2. The lowest BCUT2D eigenvalue weighted by Crippen LogP contribution is -2.29. The number of phosphoric acid groups is 1. The second kappa shape index (κ2) is 38.5. The molecule has 10 heteroatoms. The summed E-state index contributed by atoms with van der Waals surface area (Å²) in [4.78, 5) is 34.8. The van der Waals surface area contributed by atoms with Crippen LogP contribution in [0.2, 0.25) is 0 Å². The Labute approximate surface area is 313 Å². The Kier molecular flexibility index (Phi) is 37.5. The third kappa shape index (κ3) is 38.3. The normalized spacial score (nSPS) is 13.4. The summed E-state index contributed by atoms with van der Waals surface area (Å²) < 4.78 is 32.7. The van der Waals surface area contributed by atoms with Crippen LogP contribution < -0.4 is 5.73 Å². The Morgan fingerprint density at radius 1 is 0.569 bits per heavy atom. The van der Waals surface area contributed by atoms with Crippen molar-refractivity contribution in [1.82, 2.24) is 0 Å². The molecule has 0 aromatic rings. The van der Waals surface area contributed by atoms with E-state index in [1.165, 1.54) is 141 Å². The molecule has 0 saturated heterocycles. The first-order valence-corrected chi connectivity index (χ1v) is 22.7. The number of ether oxygens (including phenoxy) is 2. The maximum atomic E-state index is 12.5. The quantitative estimate of drug-likeness (QED) is 0.0272. The van der Waals surface area contributed by atoms with Crippen molar-refractivity contribution in [3.05, 3.63) is 12.2 Å². The first kappa shape index (κ1) is 49.8. The smallest absolute Gasteiger partial charge is 0.462 e. The van der Waals surface area contributed by atoms with Crippen LogP contribution in [0.4, 0.5) is 0 Å². The molecule has 0 amide bonds. The van der Waals surface area contributed by atoms with Gasteiger partial charge in [0.2, 0.25) is 0 Å². The van der Waals surface area contributed by atoms with Crippen LogP contribution in [0.3, 0.4) is 0 Å². The zero-order valence-electron chi connectivity index (χ0n) is 33.1. The number of hydrogen-bond acceptors (Lipinski definition) is 8. The SMILES string of the molecule is CCCCCCCC/C=C/CCCCCCCCCC(=O)OC[C@H](COP(=O)(O)OCCN)OC(=O)CCCCCCCCCCCCCCC. The molecule has 3 N–H and O–H groups in total. The van der Waals surface area contributed by atoms with Crippen LogP contribution in [0.1, 0.15) is 206 Å². The third-order valence-corrected chi connectivity index (χ3v) is 10.1. The second-order valence-corrected chi connectivity index (χ2v) is 15.7. The van der Waals surface area contributed by atoms with Crippen LogP contribution >= 0.6 is 7.82 Å². The zero-order chi connectivity index (χ0) is 37.5. The first-order valence-electron chi connectivity index (χ1n) is 21.2. The average molecular weight is 746 g/mol. The number of phosphoric ester groups is 1. The van der Waals surface area contributed by atoms with Gasteiger partial charge in [-0.1, -0.05) is 167 Å². The maximum absolute atomic E-state index is 12.5. The van der Waals surface area contributed by atoms with E-state index < -0.39 is 26.5 Å². The fourth-order valence-electron chi connectivity index (χ4n) is 5.98. The molecule has 0 radical (unpaired) electrons. The summed E-state index contributed by atoms with van der Waals surface area (Å²) in [5.41, 5.74) is 5.34. The Bertz CT molecular complexity index is 856. The molecule has 0 heterocycles. The van der Waals surface area contributed by atoms with Crippen molar-refractivity contribution in [2.75, 3.05) is 26.4 Å². The lowest BCUT2D eigenvalue weighted by molar-refractivity contribution is -0.161. The van der Waals surface area contributed by atoms with Gasteiger partial charge in [0, 0.05) is 19.4 Å². The lowest BCUT2D eigenvalue weighted by Gasteiger charge is -2.19. The minimum absolute atomic E-state index is 0.0556. The minimum atomic E-state index is -4.37. The van der Waals surface area contributed by atoms with Gasteiger partial charge in [0.25, 0.3) is 0 Å². The van der Waals surface area contributed by atoms with Crippen molar-refractivity contribution in [3.63, 3.8) is 0 Å². The van der Waals surface area contributed by atoms with E-state index in [0.29, 0.717) is 6.42 Å². The van der Waals surface area contributed by atoms with Gasteiger partial charge in [-0.15, -0.1) is 0 Å². The predicted molar refractivity (Wildman–Crippen MR) is 211 cm³/mol. The monoisotopic (exact) mass is 746 g/mol. The highest BCUT2D eigenvalue weighted by Crippen LogP contribution is 2.43. The number of carbonyl (C=O) groups excluding carboxylic acids is 2. The largest absolute Gasteiger partial charge is 0.472 e. The summed E-state index contributed by atoms with van der Waals surface area (Å²) in [7, 11) is -4.37. The standard InChI is InChI=1S/C41H80NO8P/c1-3-5-7-9-11-13-15-17-18-19-20-22-23-25-27-29-31-33-40(43)47-37-39(38-49-51(45,46)48-36-35-42)50-41(44)34-32-30-28-26-24-21-16-14-12-10-8-6-4-2/h17-18,39H,3-16,19-38,42H2,1-2H3,(H,45,46)/b18-17+/t39-/m1/s1. The molecule has 0 aliphatic rings. The molecule has 302 valence electrons. The van der Waals surface area contributed by atoms with E-state index in [0.717, 1.165) is 32.1 Å². The van der Waals surface area contributed by atoms with Gasteiger partial charge in [-0.05, 0) is 38.5 Å². The number of carbonyl (C=O) groups is 2. The maximum Gasteiger partial charge on any atom is 0.472 e. The van der Waals surface area contributed by atoms with Gasteiger partial charge in [0.1, 0.15) is 6.61 Å². The average Bonchev–Trinajstić information content (AvgIpc) is 3.11. The van der Waals surface area contributed by atoms with E-state index in [-0.39, 0.29) is 38.6 Å². The van der Waals surface area contributed by atoms with Crippen LogP contribution in [0.15, 0.2) is 12.2 Å². The van der Waals surface area contributed by atoms with Gasteiger partial charge in [-0.3, -0.25) is 18.6 Å². The van der Waals surface area contributed by atoms with Crippen molar-refractivity contribution in [2.45, 2.75) is 213 Å². The van der Waals surface area contributed by atoms with Gasteiger partial charge in [-0.2, -0.15) is 0 Å². The molecular weight excluding hydrogens is 665 g/mol. The summed E-state index contributed by atoms with van der Waals surface area (Å²) >= 11 is 0. The first-order chi connectivity index (χ1) is 24.8. The van der Waals surface area contributed by atoms with Crippen molar-refractivity contribution in [2.24, 2.45) is 5.73 Å². The zero-order valence-corrected chi connectivity index (χ0v) is 34.0. The molecule has 0 fully saturated rings. The number of rotatable bonds is 40. The summed E-state index contributed by atoms with van der Waals surface area (Å²) in [5.74, 6) is -0.825. The van der Waals surface area contributed by atoms with Gasteiger partial charge in [0.05, 0.1) is 13.2 Å². The van der Waals surface area contributed by atoms with Crippen molar-refractivity contribution in [3.8, 4) is 0 Å². The Hall–Kier alpha value is -1.25. The van der Waals surface area contributed by atoms with Crippen LogP contribution in [0.25, 0.3) is 0 Å². The summed E-state index contributed by atoms with van der Waals surface area (Å²) in [6, 6.07) is 0. The van der Waals surface area contributed by atoms with Gasteiger partial charge in [0.15, 0.2) is 6.10 Å². The molecular formula is C41H80NO8P. The summed E-state index contributed by atoms with van der Waals surface area (Å²) in [6.07, 6.45) is 38.1. The second-order valence-electron chi connectivity index (χ2n) is 14.2. The molecule has 9 nitrogen and oxygen atoms in total. The highest BCUT2D eigenvalue weighted by molar-refractivity contribution is 7.47. The Balaban J connectivity index is 4.13. The Morgan fingerprint density at radius 3 is 1.39 bits per heavy atom. The van der Waals surface area contributed by atoms with E-state index in [1.54, 1.807) is 0 Å². The molecule has 51 heavy (non-hydrogen) atoms. The van der Waals surface area contributed by atoms with Crippen molar-refractivity contribution >= 4 is 19.8 Å². The number of esters is 2. The molecule has 0 aliphatic carbocycles. The molecule has 1 unspecified atom stereocenters.